The lowest BCUT2D eigenvalue weighted by Crippen LogP contribution is -2.43. The van der Waals surface area contributed by atoms with Gasteiger partial charge in [-0.1, -0.05) is 37.3 Å². The largest absolute Gasteiger partial charge is 0.384 e. The van der Waals surface area contributed by atoms with E-state index >= 15 is 0 Å². The summed E-state index contributed by atoms with van der Waals surface area (Å²) in [4.78, 5) is 2.35. The van der Waals surface area contributed by atoms with Crippen molar-refractivity contribution in [2.75, 3.05) is 13.6 Å². The SMILES string of the molecule is CC1CCC(N(C)CC(C)(O)c2ccccc2)CC1. The molecule has 0 radical (unpaired) electrons. The molecule has 0 bridgehead atoms. The standard InChI is InChI=1S/C17H27NO/c1-14-9-11-16(12-10-14)18(3)13-17(2,19)15-7-5-4-6-8-15/h4-8,14,16,19H,9-13H2,1-3H3. The van der Waals surface area contributed by atoms with E-state index in [0.717, 1.165) is 11.5 Å². The molecule has 1 aliphatic carbocycles. The van der Waals surface area contributed by atoms with E-state index < -0.39 is 5.60 Å². The molecule has 1 unspecified atom stereocenters. The molecule has 2 nitrogen and oxygen atoms in total. The zero-order valence-electron chi connectivity index (χ0n) is 12.5. The smallest absolute Gasteiger partial charge is 0.0994 e. The molecule has 1 fully saturated rings. The molecule has 0 spiro atoms. The van der Waals surface area contributed by atoms with Crippen molar-refractivity contribution in [2.24, 2.45) is 5.92 Å². The number of likely N-dealkylation sites (N-methyl/N-ethyl adjacent to an activating group) is 1. The molecule has 0 aromatic heterocycles. The van der Waals surface area contributed by atoms with Crippen molar-refractivity contribution >= 4 is 0 Å². The third-order valence-corrected chi connectivity index (χ3v) is 4.56. The van der Waals surface area contributed by atoms with Crippen molar-refractivity contribution in [3.8, 4) is 0 Å². The molecule has 2 heteroatoms. The normalized spacial score (nSPS) is 27.2. The summed E-state index contributed by atoms with van der Waals surface area (Å²) >= 11 is 0. The monoisotopic (exact) mass is 261 g/mol. The Bertz CT molecular complexity index is 380. The molecule has 1 atom stereocenters. The molecule has 0 saturated heterocycles. The highest BCUT2D eigenvalue weighted by molar-refractivity contribution is 5.21. The van der Waals surface area contributed by atoms with E-state index in [1.54, 1.807) is 0 Å². The Hall–Kier alpha value is -0.860. The summed E-state index contributed by atoms with van der Waals surface area (Å²) < 4.78 is 0. The van der Waals surface area contributed by atoms with Crippen LogP contribution in [0.1, 0.15) is 45.1 Å². The quantitative estimate of drug-likeness (QED) is 0.898. The van der Waals surface area contributed by atoms with Crippen LogP contribution < -0.4 is 0 Å². The highest BCUT2D eigenvalue weighted by atomic mass is 16.3. The fourth-order valence-electron chi connectivity index (χ4n) is 3.19. The number of benzene rings is 1. The van der Waals surface area contributed by atoms with Gasteiger partial charge < -0.3 is 10.0 Å². The first kappa shape index (κ1) is 14.5. The Balaban J connectivity index is 1.96. The lowest BCUT2D eigenvalue weighted by atomic mass is 9.86. The van der Waals surface area contributed by atoms with E-state index in [2.05, 4.69) is 18.9 Å². The van der Waals surface area contributed by atoms with E-state index in [1.807, 2.05) is 37.3 Å². The van der Waals surface area contributed by atoms with Crippen LogP contribution in [0.5, 0.6) is 0 Å². The van der Waals surface area contributed by atoms with Gasteiger partial charge in [-0.3, -0.25) is 0 Å². The Kier molecular flexibility index (Phi) is 4.64. The van der Waals surface area contributed by atoms with Crippen LogP contribution in [0.2, 0.25) is 0 Å². The van der Waals surface area contributed by atoms with Gasteiger partial charge in [-0.15, -0.1) is 0 Å². The fraction of sp³-hybridized carbons (Fsp3) is 0.647. The number of hydrogen-bond donors (Lipinski definition) is 1. The summed E-state index contributed by atoms with van der Waals surface area (Å²) in [6.07, 6.45) is 5.18. The zero-order chi connectivity index (χ0) is 13.9. The van der Waals surface area contributed by atoms with Crippen LogP contribution in [0.3, 0.4) is 0 Å². The van der Waals surface area contributed by atoms with Crippen LogP contribution in [0.15, 0.2) is 30.3 Å². The third kappa shape index (κ3) is 3.80. The summed E-state index contributed by atoms with van der Waals surface area (Å²) in [6, 6.07) is 10.6. The topological polar surface area (TPSA) is 23.5 Å². The van der Waals surface area contributed by atoms with Gasteiger partial charge in [0, 0.05) is 12.6 Å². The maximum atomic E-state index is 10.7. The van der Waals surface area contributed by atoms with E-state index in [9.17, 15) is 5.11 Å². The van der Waals surface area contributed by atoms with Crippen molar-refractivity contribution in [3.63, 3.8) is 0 Å². The average Bonchev–Trinajstić information content (AvgIpc) is 2.40. The van der Waals surface area contributed by atoms with Gasteiger partial charge in [0.1, 0.15) is 0 Å². The summed E-state index contributed by atoms with van der Waals surface area (Å²) in [5.41, 5.74) is 0.241. The summed E-state index contributed by atoms with van der Waals surface area (Å²) in [5, 5.41) is 10.7. The van der Waals surface area contributed by atoms with Crippen LogP contribution in [0, 0.1) is 5.92 Å². The third-order valence-electron chi connectivity index (χ3n) is 4.56. The number of nitrogens with zero attached hydrogens (tertiary/aromatic N) is 1. The van der Waals surface area contributed by atoms with Crippen LogP contribution >= 0.6 is 0 Å². The fourth-order valence-corrected chi connectivity index (χ4v) is 3.19. The van der Waals surface area contributed by atoms with Gasteiger partial charge in [0.05, 0.1) is 5.60 Å². The predicted octanol–water partition coefficient (Wildman–Crippen LogP) is 3.40. The maximum absolute atomic E-state index is 10.7. The van der Waals surface area contributed by atoms with Gasteiger partial charge in [-0.25, -0.2) is 0 Å². The Labute approximate surface area is 117 Å². The molecule has 106 valence electrons. The summed E-state index contributed by atoms with van der Waals surface area (Å²) in [5.74, 6) is 0.874. The Morgan fingerprint density at radius 1 is 1.16 bits per heavy atom. The zero-order valence-corrected chi connectivity index (χ0v) is 12.5. The molecule has 1 aromatic carbocycles. The summed E-state index contributed by atoms with van der Waals surface area (Å²) in [7, 11) is 2.15. The molecule has 1 aliphatic rings. The van der Waals surface area contributed by atoms with Crippen molar-refractivity contribution in [1.82, 2.24) is 4.90 Å². The van der Waals surface area contributed by atoms with Gasteiger partial charge in [-0.05, 0) is 51.1 Å². The number of aliphatic hydroxyl groups is 1. The van der Waals surface area contributed by atoms with Gasteiger partial charge in [0.25, 0.3) is 0 Å². The highest BCUT2D eigenvalue weighted by Crippen LogP contribution is 2.29. The minimum Gasteiger partial charge on any atom is -0.384 e. The first-order valence-corrected chi connectivity index (χ1v) is 7.47. The van der Waals surface area contributed by atoms with Crippen LogP contribution in [-0.2, 0) is 5.60 Å². The van der Waals surface area contributed by atoms with E-state index in [-0.39, 0.29) is 0 Å². The van der Waals surface area contributed by atoms with Gasteiger partial charge in [0.15, 0.2) is 0 Å². The van der Waals surface area contributed by atoms with Crippen molar-refractivity contribution < 1.29 is 5.11 Å². The molecular weight excluding hydrogens is 234 g/mol. The van der Waals surface area contributed by atoms with Crippen molar-refractivity contribution in [3.05, 3.63) is 35.9 Å². The van der Waals surface area contributed by atoms with Crippen LogP contribution in [0.4, 0.5) is 0 Å². The van der Waals surface area contributed by atoms with E-state index in [1.165, 1.54) is 25.7 Å². The van der Waals surface area contributed by atoms with Crippen LogP contribution in [0.25, 0.3) is 0 Å². The Morgan fingerprint density at radius 2 is 1.74 bits per heavy atom. The second-order valence-electron chi connectivity index (χ2n) is 6.47. The molecule has 1 saturated carbocycles. The Morgan fingerprint density at radius 3 is 2.32 bits per heavy atom. The van der Waals surface area contributed by atoms with Crippen LogP contribution in [-0.4, -0.2) is 29.6 Å². The summed E-state index contributed by atoms with van der Waals surface area (Å²) in [6.45, 7) is 4.97. The van der Waals surface area contributed by atoms with Gasteiger partial charge >= 0.3 is 0 Å². The molecule has 2 rings (SSSR count). The van der Waals surface area contributed by atoms with Crippen molar-refractivity contribution in [1.29, 1.82) is 0 Å². The number of hydrogen-bond acceptors (Lipinski definition) is 2. The minimum atomic E-state index is -0.765. The molecular formula is C17H27NO. The first-order chi connectivity index (χ1) is 8.99. The molecule has 19 heavy (non-hydrogen) atoms. The van der Waals surface area contributed by atoms with E-state index in [4.69, 9.17) is 0 Å². The molecule has 1 aromatic rings. The molecule has 0 aliphatic heterocycles. The lowest BCUT2D eigenvalue weighted by molar-refractivity contribution is 0.00457. The molecule has 1 N–H and O–H groups in total. The predicted molar refractivity (Wildman–Crippen MR) is 80.1 cm³/mol. The first-order valence-electron chi connectivity index (χ1n) is 7.47. The lowest BCUT2D eigenvalue weighted by Gasteiger charge is -2.37. The molecule has 0 heterocycles. The van der Waals surface area contributed by atoms with Gasteiger partial charge in [-0.2, -0.15) is 0 Å². The maximum Gasteiger partial charge on any atom is 0.0994 e. The average molecular weight is 261 g/mol. The number of rotatable bonds is 4. The van der Waals surface area contributed by atoms with Crippen molar-refractivity contribution in [2.45, 2.75) is 51.2 Å². The van der Waals surface area contributed by atoms with E-state index in [0.29, 0.717) is 12.6 Å². The molecule has 0 amide bonds. The second-order valence-corrected chi connectivity index (χ2v) is 6.47. The van der Waals surface area contributed by atoms with Gasteiger partial charge in [0.2, 0.25) is 0 Å². The highest BCUT2D eigenvalue weighted by Gasteiger charge is 2.29. The second kappa shape index (κ2) is 6.06. The minimum absolute atomic E-state index is 0.631.